The predicted molar refractivity (Wildman–Crippen MR) is 178 cm³/mol. The predicted octanol–water partition coefficient (Wildman–Crippen LogP) is 12.6. The number of allylic oxidation sites excluding steroid dienone is 14. The van der Waals surface area contributed by atoms with Gasteiger partial charge in [0, 0.05) is 0 Å². The van der Waals surface area contributed by atoms with Crippen LogP contribution in [0.5, 0.6) is 0 Å². The van der Waals surface area contributed by atoms with Crippen molar-refractivity contribution in [2.24, 2.45) is 21.7 Å². The Kier molecular flexibility index (Phi) is 33.5. The van der Waals surface area contributed by atoms with Crippen molar-refractivity contribution in [3.8, 4) is 0 Å². The SMILES string of the molecule is C[C-]=CC=CC.C[C-]=CC=CC.[CH-]=C(C=C(C)C(C)(C)C)C(C)(C)C.[CH-]=C(C=C(C)C(C)(C)C)C(C)(C)C.[Ru+2].[Ru+2]. The molecule has 2 heteroatoms. The average Bonchev–Trinajstić information content (AvgIpc) is 2.74. The molecule has 0 spiro atoms. The van der Waals surface area contributed by atoms with Gasteiger partial charge in [-0.2, -0.15) is 12.2 Å². The molecule has 232 valence electrons. The van der Waals surface area contributed by atoms with Crippen LogP contribution in [0.25, 0.3) is 0 Å². The molecule has 0 heterocycles. The first-order valence-electron chi connectivity index (χ1n) is 13.8. The summed E-state index contributed by atoms with van der Waals surface area (Å²) in [5.41, 5.74) is 5.17. The van der Waals surface area contributed by atoms with Gasteiger partial charge in [-0.05, 0) is 21.7 Å². The first kappa shape index (κ1) is 51.9. The van der Waals surface area contributed by atoms with E-state index in [1.165, 1.54) is 11.1 Å². The molecule has 0 aromatic heterocycles. The maximum atomic E-state index is 5.99. The van der Waals surface area contributed by atoms with Crippen molar-refractivity contribution in [3.63, 3.8) is 0 Å². The van der Waals surface area contributed by atoms with Crippen LogP contribution in [0.1, 0.15) is 125 Å². The third kappa shape index (κ3) is 35.2. The van der Waals surface area contributed by atoms with Gasteiger partial charge < -0.3 is 0 Å². The number of rotatable bonds is 4. The largest absolute Gasteiger partial charge is 2.00 e. The van der Waals surface area contributed by atoms with Crippen LogP contribution in [0.4, 0.5) is 0 Å². The van der Waals surface area contributed by atoms with E-state index in [1.54, 1.807) is 0 Å². The topological polar surface area (TPSA) is 0 Å². The molecule has 40 heavy (non-hydrogen) atoms. The van der Waals surface area contributed by atoms with Gasteiger partial charge in [0.15, 0.2) is 0 Å². The summed E-state index contributed by atoms with van der Waals surface area (Å²) < 4.78 is 0. The Morgan fingerprint density at radius 1 is 0.500 bits per heavy atom. The second kappa shape index (κ2) is 25.8. The first-order chi connectivity index (χ1) is 16.9. The summed E-state index contributed by atoms with van der Waals surface area (Å²) >= 11 is 0. The fourth-order valence-electron chi connectivity index (χ4n) is 1.72. The summed E-state index contributed by atoms with van der Waals surface area (Å²) in [6.45, 7) is 50.0. The van der Waals surface area contributed by atoms with Crippen LogP contribution in [-0.4, -0.2) is 0 Å². The zero-order valence-corrected chi connectivity index (χ0v) is 33.0. The minimum absolute atomic E-state index is 0. The van der Waals surface area contributed by atoms with Crippen molar-refractivity contribution in [2.45, 2.75) is 125 Å². The van der Waals surface area contributed by atoms with Gasteiger partial charge in [0.25, 0.3) is 0 Å². The second-order valence-corrected chi connectivity index (χ2v) is 13.5. The quantitative estimate of drug-likeness (QED) is 0.154. The van der Waals surface area contributed by atoms with Crippen molar-refractivity contribution in [2.75, 3.05) is 0 Å². The summed E-state index contributed by atoms with van der Waals surface area (Å²) in [6, 6.07) is 0. The van der Waals surface area contributed by atoms with Crippen molar-refractivity contribution in [3.05, 3.63) is 96.2 Å². The molecule has 0 saturated heterocycles. The van der Waals surface area contributed by atoms with E-state index in [9.17, 15) is 0 Å². The molecule has 0 unspecified atom stereocenters. The molecule has 0 aromatic rings. The van der Waals surface area contributed by atoms with Gasteiger partial charge in [-0.1, -0.05) is 111 Å². The Morgan fingerprint density at radius 3 is 0.825 bits per heavy atom. The molecule has 0 fully saturated rings. The summed E-state index contributed by atoms with van der Waals surface area (Å²) in [6.07, 6.45) is 21.5. The molecular weight excluding hydrogens is 659 g/mol. The van der Waals surface area contributed by atoms with Crippen molar-refractivity contribution in [1.29, 1.82) is 0 Å². The van der Waals surface area contributed by atoms with E-state index in [0.29, 0.717) is 0 Å². The smallest absolute Gasteiger partial charge is 0.289 e. The van der Waals surface area contributed by atoms with Gasteiger partial charge in [0.05, 0.1) is 0 Å². The standard InChI is InChI=1S/2C13H23.2C6H9.2Ru/c2*1-10(12(3,4)5)9-11(2)13(6,7)8;2*1-3-5-6-4-2;;/h2*1,9H,2-8H3;2*3,5-6H,1-2H3;;/q4*-1;2*+2. The van der Waals surface area contributed by atoms with Crippen molar-refractivity contribution < 1.29 is 39.0 Å². The van der Waals surface area contributed by atoms with Crippen LogP contribution in [0.2, 0.25) is 0 Å². The minimum atomic E-state index is 0. The van der Waals surface area contributed by atoms with E-state index in [-0.39, 0.29) is 60.6 Å². The van der Waals surface area contributed by atoms with E-state index in [0.717, 1.165) is 11.1 Å². The molecule has 0 nitrogen and oxygen atoms in total. The third-order valence-corrected chi connectivity index (χ3v) is 5.75. The molecule has 0 aliphatic carbocycles. The average molecular weight is 723 g/mol. The molecule has 0 aliphatic heterocycles. The normalized spacial score (nSPS) is 12.9. The van der Waals surface area contributed by atoms with Gasteiger partial charge in [0.1, 0.15) is 0 Å². The van der Waals surface area contributed by atoms with Gasteiger partial charge in [-0.3, -0.25) is 25.3 Å². The summed E-state index contributed by atoms with van der Waals surface area (Å²) in [5.74, 6) is 0. The van der Waals surface area contributed by atoms with Gasteiger partial charge >= 0.3 is 39.0 Å². The molecule has 0 rings (SSSR count). The van der Waals surface area contributed by atoms with E-state index in [2.05, 4.69) is 121 Å². The first-order valence-corrected chi connectivity index (χ1v) is 13.8. The van der Waals surface area contributed by atoms with Crippen LogP contribution in [0.3, 0.4) is 0 Å². The van der Waals surface area contributed by atoms with E-state index < -0.39 is 0 Å². The molecule has 0 saturated carbocycles. The van der Waals surface area contributed by atoms with Crippen LogP contribution in [0, 0.1) is 47.0 Å². The van der Waals surface area contributed by atoms with E-state index >= 15 is 0 Å². The number of hydrogen-bond acceptors (Lipinski definition) is 0. The van der Waals surface area contributed by atoms with E-state index in [4.69, 9.17) is 13.2 Å². The zero-order chi connectivity index (χ0) is 31.4. The molecule has 0 aromatic carbocycles. The summed E-state index contributed by atoms with van der Waals surface area (Å²) in [5, 5.41) is 0. The molecule has 0 atom stereocenters. The Balaban J connectivity index is -0.000000101. The molecule has 0 amide bonds. The second-order valence-electron chi connectivity index (χ2n) is 13.5. The molecule has 0 radical (unpaired) electrons. The molecule has 0 N–H and O–H groups in total. The summed E-state index contributed by atoms with van der Waals surface area (Å²) in [7, 11) is 0. The Labute approximate surface area is 280 Å². The van der Waals surface area contributed by atoms with E-state index in [1.807, 2.05) is 64.2 Å². The number of hydrogen-bond donors (Lipinski definition) is 0. The van der Waals surface area contributed by atoms with Crippen LogP contribution >= 0.6 is 0 Å². The minimum Gasteiger partial charge on any atom is -0.289 e. The third-order valence-electron chi connectivity index (χ3n) is 5.75. The molecule has 0 bridgehead atoms. The van der Waals surface area contributed by atoms with Crippen LogP contribution in [-0.2, 0) is 39.0 Å². The Hall–Kier alpha value is -0.833. The fourth-order valence-corrected chi connectivity index (χ4v) is 1.72. The molecular formula is C38H64Ru2. The van der Waals surface area contributed by atoms with Crippen molar-refractivity contribution >= 4 is 0 Å². The maximum absolute atomic E-state index is 5.99. The van der Waals surface area contributed by atoms with Crippen LogP contribution in [0.15, 0.2) is 70.9 Å². The Bertz CT molecular complexity index is 734. The maximum Gasteiger partial charge on any atom is 2.00 e. The van der Waals surface area contributed by atoms with Gasteiger partial charge in [-0.25, -0.2) is 47.6 Å². The van der Waals surface area contributed by atoms with Gasteiger partial charge in [0.2, 0.25) is 0 Å². The Morgan fingerprint density at radius 2 is 0.725 bits per heavy atom. The monoisotopic (exact) mass is 724 g/mol. The zero-order valence-electron chi connectivity index (χ0n) is 29.5. The summed E-state index contributed by atoms with van der Waals surface area (Å²) in [4.78, 5) is 0. The van der Waals surface area contributed by atoms with Crippen LogP contribution < -0.4 is 0 Å². The van der Waals surface area contributed by atoms with Crippen molar-refractivity contribution in [1.82, 2.24) is 0 Å². The fraction of sp³-hybridized carbons (Fsp3) is 0.579. The molecule has 0 aliphatic rings. The van der Waals surface area contributed by atoms with Gasteiger partial charge in [-0.15, -0.1) is 25.0 Å².